The summed E-state index contributed by atoms with van der Waals surface area (Å²) in [6.07, 6.45) is 2.21. The lowest BCUT2D eigenvalue weighted by Crippen LogP contribution is -2.10. The molecule has 1 heterocycles. The molecule has 0 atom stereocenters. The Morgan fingerprint density at radius 2 is 2.17 bits per heavy atom. The molecule has 1 aliphatic carbocycles. The maximum absolute atomic E-state index is 12.1. The number of nitrogens with zero attached hydrogens (tertiary/aromatic N) is 2. The first-order valence-corrected chi connectivity index (χ1v) is 7.84. The number of esters is 1. The van der Waals surface area contributed by atoms with Gasteiger partial charge in [0.05, 0.1) is 24.4 Å². The van der Waals surface area contributed by atoms with Crippen molar-refractivity contribution < 1.29 is 14.3 Å². The van der Waals surface area contributed by atoms with Crippen molar-refractivity contribution in [2.45, 2.75) is 32.3 Å². The van der Waals surface area contributed by atoms with Gasteiger partial charge in [-0.2, -0.15) is 5.26 Å². The van der Waals surface area contributed by atoms with Crippen LogP contribution >= 0.6 is 0 Å². The molecule has 0 aliphatic heterocycles. The molecular weight excluding hydrogens is 304 g/mol. The topological polar surface area (TPSA) is 72.2 Å². The minimum absolute atomic E-state index is 0.255. The number of pyridine rings is 1. The average Bonchev–Trinajstić information content (AvgIpc) is 3.44. The lowest BCUT2D eigenvalue weighted by molar-refractivity contribution is 0.0595. The molecule has 0 radical (unpaired) electrons. The summed E-state index contributed by atoms with van der Waals surface area (Å²) in [6.45, 7) is 2.09. The maximum Gasteiger partial charge on any atom is 0.341 e. The van der Waals surface area contributed by atoms with Gasteiger partial charge in [0, 0.05) is 11.6 Å². The third-order valence-electron chi connectivity index (χ3n) is 4.00. The number of methoxy groups -OCH3 is 1. The number of hydrogen-bond donors (Lipinski definition) is 0. The number of benzene rings is 1. The fourth-order valence-corrected chi connectivity index (χ4v) is 2.60. The zero-order chi connectivity index (χ0) is 17.1. The van der Waals surface area contributed by atoms with E-state index < -0.39 is 5.97 Å². The zero-order valence-electron chi connectivity index (χ0n) is 13.7. The Morgan fingerprint density at radius 3 is 2.83 bits per heavy atom. The van der Waals surface area contributed by atoms with Gasteiger partial charge in [-0.15, -0.1) is 0 Å². The molecule has 122 valence electrons. The van der Waals surface area contributed by atoms with Crippen molar-refractivity contribution in [1.29, 1.82) is 5.26 Å². The van der Waals surface area contributed by atoms with Gasteiger partial charge in [0.2, 0.25) is 0 Å². The summed E-state index contributed by atoms with van der Waals surface area (Å²) in [6, 6.07) is 11.1. The lowest BCUT2D eigenvalue weighted by Gasteiger charge is -2.14. The average molecular weight is 322 g/mol. The number of ether oxygens (including phenoxy) is 2. The summed E-state index contributed by atoms with van der Waals surface area (Å²) in [4.78, 5) is 16.7. The molecule has 2 aromatic rings. The Balaban J connectivity index is 1.88. The third-order valence-corrected chi connectivity index (χ3v) is 4.00. The molecule has 1 aromatic heterocycles. The SMILES string of the molecule is COC(=O)c1cc(C2CC2)nc(C)c1OCc1cccc(C#N)c1. The van der Waals surface area contributed by atoms with Crippen LogP contribution in [-0.4, -0.2) is 18.1 Å². The molecule has 0 spiro atoms. The van der Waals surface area contributed by atoms with Crippen LogP contribution in [0.4, 0.5) is 0 Å². The second-order valence-electron chi connectivity index (χ2n) is 5.88. The van der Waals surface area contributed by atoms with E-state index in [2.05, 4.69) is 11.1 Å². The summed E-state index contributed by atoms with van der Waals surface area (Å²) >= 11 is 0. The van der Waals surface area contributed by atoms with Crippen molar-refractivity contribution in [3.8, 4) is 11.8 Å². The van der Waals surface area contributed by atoms with Crippen LogP contribution in [0.3, 0.4) is 0 Å². The van der Waals surface area contributed by atoms with Crippen molar-refractivity contribution in [1.82, 2.24) is 4.98 Å². The maximum atomic E-state index is 12.1. The minimum atomic E-state index is -0.428. The molecule has 1 saturated carbocycles. The summed E-state index contributed by atoms with van der Waals surface area (Å²) in [7, 11) is 1.36. The number of nitriles is 1. The molecular formula is C19H18N2O3. The first kappa shape index (κ1) is 16.0. The van der Waals surface area contributed by atoms with E-state index >= 15 is 0 Å². The first-order valence-electron chi connectivity index (χ1n) is 7.84. The van der Waals surface area contributed by atoms with Crippen molar-refractivity contribution in [2.75, 3.05) is 7.11 Å². The van der Waals surface area contributed by atoms with Gasteiger partial charge in [0.1, 0.15) is 12.2 Å². The largest absolute Gasteiger partial charge is 0.486 e. The molecule has 0 saturated heterocycles. The Hall–Kier alpha value is -2.87. The minimum Gasteiger partial charge on any atom is -0.486 e. The fourth-order valence-electron chi connectivity index (χ4n) is 2.60. The zero-order valence-corrected chi connectivity index (χ0v) is 13.7. The Morgan fingerprint density at radius 1 is 1.38 bits per heavy atom. The highest BCUT2D eigenvalue weighted by Gasteiger charge is 2.28. The van der Waals surface area contributed by atoms with Gasteiger partial charge < -0.3 is 9.47 Å². The molecule has 1 aliphatic rings. The molecule has 0 N–H and O–H groups in total. The van der Waals surface area contributed by atoms with Crippen LogP contribution in [0.1, 0.15) is 51.6 Å². The summed E-state index contributed by atoms with van der Waals surface area (Å²) in [5.41, 5.74) is 3.44. The molecule has 0 bridgehead atoms. The van der Waals surface area contributed by atoms with E-state index in [1.54, 1.807) is 24.3 Å². The number of hydrogen-bond acceptors (Lipinski definition) is 5. The van der Waals surface area contributed by atoms with Gasteiger partial charge in [-0.05, 0) is 43.5 Å². The normalized spacial score (nSPS) is 13.2. The van der Waals surface area contributed by atoms with E-state index in [0.29, 0.717) is 28.5 Å². The Labute approximate surface area is 140 Å². The van der Waals surface area contributed by atoms with E-state index in [4.69, 9.17) is 14.7 Å². The Bertz CT molecular complexity index is 820. The molecule has 0 unspecified atom stereocenters. The van der Waals surface area contributed by atoms with Crippen molar-refractivity contribution in [3.05, 3.63) is 58.4 Å². The van der Waals surface area contributed by atoms with E-state index in [-0.39, 0.29) is 6.61 Å². The molecule has 1 fully saturated rings. The van der Waals surface area contributed by atoms with E-state index in [9.17, 15) is 4.79 Å². The molecule has 3 rings (SSSR count). The number of rotatable bonds is 5. The van der Waals surface area contributed by atoms with Gasteiger partial charge >= 0.3 is 5.97 Å². The smallest absolute Gasteiger partial charge is 0.341 e. The van der Waals surface area contributed by atoms with Gasteiger partial charge in [0.25, 0.3) is 0 Å². The standard InChI is InChI=1S/C19H18N2O3/c1-12-18(24-11-14-5-3-4-13(8-14)10-20)16(19(22)23-2)9-17(21-12)15-6-7-15/h3-5,8-9,15H,6-7,11H2,1-2H3. The summed E-state index contributed by atoms with van der Waals surface area (Å²) in [5, 5.41) is 8.97. The molecule has 5 heteroatoms. The van der Waals surface area contributed by atoms with Crippen molar-refractivity contribution in [2.24, 2.45) is 0 Å². The van der Waals surface area contributed by atoms with Gasteiger partial charge in [-0.1, -0.05) is 12.1 Å². The number of carbonyl (C=O) groups excluding carboxylic acids is 1. The van der Waals surface area contributed by atoms with Crippen molar-refractivity contribution in [3.63, 3.8) is 0 Å². The van der Waals surface area contributed by atoms with Gasteiger partial charge in [0.15, 0.2) is 5.75 Å². The number of aromatic nitrogens is 1. The van der Waals surface area contributed by atoms with Crippen molar-refractivity contribution >= 4 is 5.97 Å². The number of aryl methyl sites for hydroxylation is 1. The summed E-state index contributed by atoms with van der Waals surface area (Å²) < 4.78 is 10.7. The van der Waals surface area contributed by atoms with Crippen LogP contribution in [0, 0.1) is 18.3 Å². The van der Waals surface area contributed by atoms with Crippen LogP contribution in [0.15, 0.2) is 30.3 Å². The highest BCUT2D eigenvalue weighted by molar-refractivity contribution is 5.93. The number of carbonyl (C=O) groups is 1. The van der Waals surface area contributed by atoms with E-state index in [0.717, 1.165) is 24.1 Å². The summed E-state index contributed by atoms with van der Waals surface area (Å²) in [5.74, 6) is 0.449. The Kier molecular flexibility index (Phi) is 4.48. The van der Waals surface area contributed by atoms with Gasteiger partial charge in [-0.3, -0.25) is 4.98 Å². The van der Waals surface area contributed by atoms with Crippen LogP contribution in [-0.2, 0) is 11.3 Å². The fraction of sp³-hybridized carbons (Fsp3) is 0.316. The predicted octanol–water partition coefficient (Wildman–Crippen LogP) is 3.50. The first-order chi connectivity index (χ1) is 11.6. The van der Waals surface area contributed by atoms with Crippen LogP contribution in [0.5, 0.6) is 5.75 Å². The van der Waals surface area contributed by atoms with E-state index in [1.807, 2.05) is 13.0 Å². The molecule has 5 nitrogen and oxygen atoms in total. The van der Waals surface area contributed by atoms with Crippen LogP contribution < -0.4 is 4.74 Å². The highest BCUT2D eigenvalue weighted by Crippen LogP contribution is 2.41. The van der Waals surface area contributed by atoms with Crippen LogP contribution in [0.2, 0.25) is 0 Å². The van der Waals surface area contributed by atoms with E-state index in [1.165, 1.54) is 7.11 Å². The monoisotopic (exact) mass is 322 g/mol. The quantitative estimate of drug-likeness (QED) is 0.788. The second kappa shape index (κ2) is 6.71. The molecule has 1 aromatic carbocycles. The predicted molar refractivity (Wildman–Crippen MR) is 87.8 cm³/mol. The van der Waals surface area contributed by atoms with Gasteiger partial charge in [-0.25, -0.2) is 4.79 Å². The van der Waals surface area contributed by atoms with Crippen LogP contribution in [0.25, 0.3) is 0 Å². The third kappa shape index (κ3) is 3.38. The molecule has 24 heavy (non-hydrogen) atoms. The second-order valence-corrected chi connectivity index (χ2v) is 5.88. The lowest BCUT2D eigenvalue weighted by atomic mass is 10.1. The highest BCUT2D eigenvalue weighted by atomic mass is 16.5. The molecule has 0 amide bonds.